The first-order valence-electron chi connectivity index (χ1n) is 18.6. The maximum atomic E-state index is 14.1. The molecule has 0 aliphatic carbocycles. The number of benzene rings is 2. The molecule has 2 aliphatic rings. The highest BCUT2D eigenvalue weighted by Crippen LogP contribution is 2.29. The molecule has 5 atom stereocenters. The fourth-order valence-corrected chi connectivity index (χ4v) is 6.33. The molecule has 0 bridgehead atoms. The average molecular weight is 720 g/mol. The second-order valence-electron chi connectivity index (χ2n) is 15.0. The van der Waals surface area contributed by atoms with E-state index in [4.69, 9.17) is 9.47 Å². The van der Waals surface area contributed by atoms with E-state index in [-0.39, 0.29) is 36.5 Å². The number of morpholine rings is 1. The van der Waals surface area contributed by atoms with Crippen LogP contribution in [0.3, 0.4) is 0 Å². The van der Waals surface area contributed by atoms with Crippen molar-refractivity contribution >= 4 is 29.4 Å². The van der Waals surface area contributed by atoms with Crippen molar-refractivity contribution in [1.82, 2.24) is 26.2 Å². The third-order valence-corrected chi connectivity index (χ3v) is 9.38. The molecular formula is C40H57N5O7. The van der Waals surface area contributed by atoms with Crippen molar-refractivity contribution in [2.24, 2.45) is 11.8 Å². The number of Topliss-reactive ketones (excluding diaryl/α,β-unsaturated/α-hetero) is 1. The van der Waals surface area contributed by atoms with Crippen LogP contribution in [-0.2, 0) is 46.3 Å². The first-order valence-corrected chi connectivity index (χ1v) is 18.6. The van der Waals surface area contributed by atoms with Crippen molar-refractivity contribution in [3.63, 3.8) is 0 Å². The van der Waals surface area contributed by atoms with E-state index in [0.717, 1.165) is 11.1 Å². The molecule has 0 unspecified atom stereocenters. The second kappa shape index (κ2) is 19.6. The van der Waals surface area contributed by atoms with Crippen LogP contribution in [0.5, 0.6) is 0 Å². The van der Waals surface area contributed by atoms with Gasteiger partial charge in [0.1, 0.15) is 23.7 Å². The van der Waals surface area contributed by atoms with Gasteiger partial charge >= 0.3 is 0 Å². The molecule has 2 aliphatic heterocycles. The SMILES string of the molecule is CC(C)C[C@@H](NC(=O)[C@H](CCc1ccccc1)NC(=O)CN1CCOCC1)C(=O)N[C@@H](Cc1ccccc1)C(=O)N[C@H](CC(C)C)C(=O)[C@]1(C)CO1. The van der Waals surface area contributed by atoms with Gasteiger partial charge in [-0.3, -0.25) is 28.9 Å². The number of hydrogen-bond acceptors (Lipinski definition) is 8. The lowest BCUT2D eigenvalue weighted by Crippen LogP contribution is -2.59. The number of aryl methyl sites for hydroxylation is 1. The summed E-state index contributed by atoms with van der Waals surface area (Å²) >= 11 is 0. The minimum absolute atomic E-state index is 0.0171. The summed E-state index contributed by atoms with van der Waals surface area (Å²) in [4.78, 5) is 70.5. The van der Waals surface area contributed by atoms with E-state index in [9.17, 15) is 24.0 Å². The number of nitrogens with zero attached hydrogens (tertiary/aromatic N) is 1. The minimum Gasteiger partial charge on any atom is -0.379 e. The van der Waals surface area contributed by atoms with Gasteiger partial charge < -0.3 is 30.7 Å². The summed E-state index contributed by atoms with van der Waals surface area (Å²) in [6.45, 7) is 12.3. The maximum Gasteiger partial charge on any atom is 0.243 e. The number of epoxide rings is 1. The number of carbonyl (C=O) groups excluding carboxylic acids is 5. The van der Waals surface area contributed by atoms with Crippen LogP contribution >= 0.6 is 0 Å². The lowest BCUT2D eigenvalue weighted by atomic mass is 9.93. The first-order chi connectivity index (χ1) is 24.8. The third-order valence-electron chi connectivity index (χ3n) is 9.38. The highest BCUT2D eigenvalue weighted by molar-refractivity contribution is 5.98. The molecule has 12 heteroatoms. The zero-order chi connectivity index (χ0) is 37.7. The van der Waals surface area contributed by atoms with Crippen LogP contribution < -0.4 is 21.3 Å². The molecule has 2 saturated heterocycles. The molecule has 2 aromatic carbocycles. The van der Waals surface area contributed by atoms with E-state index in [0.29, 0.717) is 58.6 Å². The molecule has 12 nitrogen and oxygen atoms in total. The van der Waals surface area contributed by atoms with Crippen molar-refractivity contribution in [2.45, 2.75) is 96.5 Å². The van der Waals surface area contributed by atoms with E-state index in [1.807, 2.05) is 93.3 Å². The predicted octanol–water partition coefficient (Wildman–Crippen LogP) is 2.58. The van der Waals surface area contributed by atoms with Crippen LogP contribution in [0.1, 0.15) is 65.0 Å². The highest BCUT2D eigenvalue weighted by atomic mass is 16.6. The van der Waals surface area contributed by atoms with Gasteiger partial charge in [0.15, 0.2) is 5.78 Å². The number of ketones is 1. The number of ether oxygens (including phenoxy) is 2. The van der Waals surface area contributed by atoms with E-state index in [1.54, 1.807) is 6.92 Å². The van der Waals surface area contributed by atoms with Gasteiger partial charge in [-0.25, -0.2) is 0 Å². The van der Waals surface area contributed by atoms with Crippen molar-refractivity contribution in [1.29, 1.82) is 0 Å². The molecule has 2 fully saturated rings. The summed E-state index contributed by atoms with van der Waals surface area (Å²) in [7, 11) is 0. The molecule has 52 heavy (non-hydrogen) atoms. The molecule has 4 amide bonds. The molecule has 0 radical (unpaired) electrons. The Morgan fingerprint density at radius 3 is 1.77 bits per heavy atom. The third kappa shape index (κ3) is 13.1. The molecule has 284 valence electrons. The Balaban J connectivity index is 1.51. The Hall–Kier alpha value is -4.13. The summed E-state index contributed by atoms with van der Waals surface area (Å²) in [5, 5.41) is 11.7. The summed E-state index contributed by atoms with van der Waals surface area (Å²) < 4.78 is 10.8. The standard InChI is InChI=1S/C40H57N5O7/c1-27(2)22-32(36(47)40(5)26-52-40)42-39(50)34(24-30-14-10-7-11-15-30)44-38(49)33(23-28(3)4)43-37(48)31(17-16-29-12-8-6-9-13-29)41-35(46)25-45-18-20-51-21-19-45/h6-15,27-28,31-34H,16-26H2,1-5H3,(H,41,46)(H,42,50)(H,43,48)(H,44,49)/t31-,32+,33+,34-,40-/m0/s1. The zero-order valence-electron chi connectivity index (χ0n) is 31.3. The van der Waals surface area contributed by atoms with E-state index in [1.165, 1.54) is 0 Å². The maximum absolute atomic E-state index is 14.1. The van der Waals surface area contributed by atoms with Crippen LogP contribution in [0.25, 0.3) is 0 Å². The monoisotopic (exact) mass is 719 g/mol. The van der Waals surface area contributed by atoms with Crippen LogP contribution in [0.2, 0.25) is 0 Å². The lowest BCUT2D eigenvalue weighted by molar-refractivity contribution is -0.135. The smallest absolute Gasteiger partial charge is 0.243 e. The topological polar surface area (TPSA) is 158 Å². The van der Waals surface area contributed by atoms with Gasteiger partial charge in [0.2, 0.25) is 23.6 Å². The normalized spacial score (nSPS) is 19.6. The molecule has 4 rings (SSSR count). The lowest BCUT2D eigenvalue weighted by Gasteiger charge is -2.29. The van der Waals surface area contributed by atoms with Gasteiger partial charge in [0.25, 0.3) is 0 Å². The molecule has 2 aromatic rings. The molecule has 4 N–H and O–H groups in total. The largest absolute Gasteiger partial charge is 0.379 e. The predicted molar refractivity (Wildman–Crippen MR) is 198 cm³/mol. The Morgan fingerprint density at radius 2 is 1.19 bits per heavy atom. The van der Waals surface area contributed by atoms with Gasteiger partial charge in [0, 0.05) is 19.5 Å². The summed E-state index contributed by atoms with van der Waals surface area (Å²) in [6, 6.07) is 15.3. The fraction of sp³-hybridized carbons (Fsp3) is 0.575. The fourth-order valence-electron chi connectivity index (χ4n) is 6.33. The molecule has 0 aromatic heterocycles. The van der Waals surface area contributed by atoms with Gasteiger partial charge in [0.05, 0.1) is 32.4 Å². The average Bonchev–Trinajstić information content (AvgIpc) is 3.87. The molecule has 0 saturated carbocycles. The van der Waals surface area contributed by atoms with Crippen LogP contribution in [0.4, 0.5) is 0 Å². The zero-order valence-corrected chi connectivity index (χ0v) is 31.3. The molecule has 0 spiro atoms. The quantitative estimate of drug-likeness (QED) is 0.152. The number of carbonyl (C=O) groups is 5. The number of nitrogens with one attached hydrogen (secondary N) is 4. The van der Waals surface area contributed by atoms with Crippen LogP contribution in [0.15, 0.2) is 60.7 Å². The number of amides is 4. The summed E-state index contributed by atoms with van der Waals surface area (Å²) in [6.07, 6.45) is 1.76. The van der Waals surface area contributed by atoms with Crippen molar-refractivity contribution in [3.8, 4) is 0 Å². The summed E-state index contributed by atoms with van der Waals surface area (Å²) in [5.41, 5.74) is 0.915. The van der Waals surface area contributed by atoms with Crippen molar-refractivity contribution in [3.05, 3.63) is 71.8 Å². The van der Waals surface area contributed by atoms with Crippen molar-refractivity contribution < 1.29 is 33.4 Å². The minimum atomic E-state index is -1.03. The number of rotatable bonds is 20. The number of hydrogen-bond donors (Lipinski definition) is 4. The van der Waals surface area contributed by atoms with E-state index < -0.39 is 47.5 Å². The van der Waals surface area contributed by atoms with Crippen LogP contribution in [0, 0.1) is 11.8 Å². The van der Waals surface area contributed by atoms with E-state index >= 15 is 0 Å². The second-order valence-corrected chi connectivity index (χ2v) is 15.0. The Bertz CT molecular complexity index is 1480. The van der Waals surface area contributed by atoms with E-state index in [2.05, 4.69) is 21.3 Å². The van der Waals surface area contributed by atoms with Gasteiger partial charge in [-0.15, -0.1) is 0 Å². The van der Waals surface area contributed by atoms with Gasteiger partial charge in [-0.1, -0.05) is 88.4 Å². The van der Waals surface area contributed by atoms with Gasteiger partial charge in [-0.05, 0) is 55.6 Å². The van der Waals surface area contributed by atoms with Crippen LogP contribution in [-0.4, -0.2) is 104 Å². The first kappa shape index (κ1) is 40.6. The highest BCUT2D eigenvalue weighted by Gasteiger charge is 2.50. The Kier molecular flexibility index (Phi) is 15.3. The van der Waals surface area contributed by atoms with Gasteiger partial charge in [-0.2, -0.15) is 0 Å². The van der Waals surface area contributed by atoms with Crippen molar-refractivity contribution in [2.75, 3.05) is 39.5 Å². The Morgan fingerprint density at radius 1 is 0.692 bits per heavy atom. The molecular weight excluding hydrogens is 662 g/mol. The Labute approximate surface area is 308 Å². The molecule has 2 heterocycles. The summed E-state index contributed by atoms with van der Waals surface area (Å²) in [5.74, 6) is -1.83.